The summed E-state index contributed by atoms with van der Waals surface area (Å²) in [6, 6.07) is 4.94. The van der Waals surface area contributed by atoms with E-state index in [1.807, 2.05) is 0 Å². The lowest BCUT2D eigenvalue weighted by Gasteiger charge is -2.11. The SMILES string of the molecule is N[C@@H]1CCc2cc(OCC(F)(F)F)ccc21. The first-order valence-electron chi connectivity index (χ1n) is 5.04. The molecule has 0 saturated carbocycles. The third kappa shape index (κ3) is 2.47. The predicted molar refractivity (Wildman–Crippen MR) is 53.2 cm³/mol. The van der Waals surface area contributed by atoms with Crippen LogP contribution in [-0.4, -0.2) is 12.8 Å². The number of rotatable bonds is 2. The lowest BCUT2D eigenvalue weighted by molar-refractivity contribution is -0.153. The minimum atomic E-state index is -4.30. The summed E-state index contributed by atoms with van der Waals surface area (Å²) in [6.07, 6.45) is -2.65. The zero-order valence-corrected chi connectivity index (χ0v) is 8.55. The van der Waals surface area contributed by atoms with Gasteiger partial charge in [0.15, 0.2) is 6.61 Å². The quantitative estimate of drug-likeness (QED) is 0.849. The van der Waals surface area contributed by atoms with Gasteiger partial charge in [0.2, 0.25) is 0 Å². The fourth-order valence-corrected chi connectivity index (χ4v) is 1.88. The lowest BCUT2D eigenvalue weighted by Crippen LogP contribution is -2.19. The average molecular weight is 231 g/mol. The zero-order chi connectivity index (χ0) is 11.8. The Morgan fingerprint density at radius 3 is 2.81 bits per heavy atom. The number of nitrogens with two attached hydrogens (primary N) is 1. The first-order chi connectivity index (χ1) is 7.46. The first-order valence-corrected chi connectivity index (χ1v) is 5.04. The van der Waals surface area contributed by atoms with Crippen molar-refractivity contribution in [1.29, 1.82) is 0 Å². The summed E-state index contributed by atoms with van der Waals surface area (Å²) in [5, 5.41) is 0. The maximum atomic E-state index is 11.9. The average Bonchev–Trinajstić information content (AvgIpc) is 2.56. The number of hydrogen-bond acceptors (Lipinski definition) is 2. The molecule has 0 bridgehead atoms. The highest BCUT2D eigenvalue weighted by Gasteiger charge is 2.28. The molecule has 0 saturated heterocycles. The van der Waals surface area contributed by atoms with Crippen LogP contribution in [0.1, 0.15) is 23.6 Å². The molecular weight excluding hydrogens is 219 g/mol. The van der Waals surface area contributed by atoms with Gasteiger partial charge in [-0.15, -0.1) is 0 Å². The van der Waals surface area contributed by atoms with E-state index >= 15 is 0 Å². The van der Waals surface area contributed by atoms with Crippen LogP contribution in [0.3, 0.4) is 0 Å². The van der Waals surface area contributed by atoms with E-state index in [1.54, 1.807) is 12.1 Å². The van der Waals surface area contributed by atoms with Crippen molar-refractivity contribution in [3.8, 4) is 5.75 Å². The normalized spacial score (nSPS) is 19.6. The van der Waals surface area contributed by atoms with Gasteiger partial charge in [-0.25, -0.2) is 0 Å². The molecule has 0 radical (unpaired) electrons. The molecule has 1 aromatic rings. The Balaban J connectivity index is 2.08. The number of halogens is 3. The van der Waals surface area contributed by atoms with E-state index in [2.05, 4.69) is 4.74 Å². The van der Waals surface area contributed by atoms with Gasteiger partial charge < -0.3 is 10.5 Å². The number of fused-ring (bicyclic) bond motifs is 1. The molecule has 2 nitrogen and oxygen atoms in total. The third-order valence-corrected chi connectivity index (χ3v) is 2.64. The molecule has 1 aromatic carbocycles. The van der Waals surface area contributed by atoms with E-state index in [1.165, 1.54) is 6.07 Å². The molecule has 0 aliphatic heterocycles. The molecule has 2 N–H and O–H groups in total. The van der Waals surface area contributed by atoms with Gasteiger partial charge in [-0.2, -0.15) is 13.2 Å². The fraction of sp³-hybridized carbons (Fsp3) is 0.455. The minimum Gasteiger partial charge on any atom is -0.484 e. The molecular formula is C11H12F3NO. The standard InChI is InChI=1S/C11H12F3NO/c12-11(13,14)6-16-8-2-3-9-7(5-8)1-4-10(9)15/h2-3,5,10H,1,4,6,15H2/t10-/m1/s1. The van der Waals surface area contributed by atoms with Crippen LogP contribution in [0.4, 0.5) is 13.2 Å². The topological polar surface area (TPSA) is 35.2 Å². The molecule has 0 amide bonds. The largest absolute Gasteiger partial charge is 0.484 e. The second-order valence-electron chi connectivity index (χ2n) is 3.91. The first kappa shape index (κ1) is 11.3. The monoisotopic (exact) mass is 231 g/mol. The Morgan fingerprint density at radius 1 is 1.38 bits per heavy atom. The Morgan fingerprint density at radius 2 is 2.12 bits per heavy atom. The van der Waals surface area contributed by atoms with E-state index in [4.69, 9.17) is 5.73 Å². The van der Waals surface area contributed by atoms with E-state index < -0.39 is 12.8 Å². The number of ether oxygens (including phenoxy) is 1. The molecule has 1 aliphatic carbocycles. The number of hydrogen-bond donors (Lipinski definition) is 1. The second-order valence-corrected chi connectivity index (χ2v) is 3.91. The Bertz CT molecular complexity index is 389. The van der Waals surface area contributed by atoms with Crippen molar-refractivity contribution in [3.05, 3.63) is 29.3 Å². The van der Waals surface area contributed by atoms with Crippen LogP contribution in [0.5, 0.6) is 5.75 Å². The number of alkyl halides is 3. The molecule has 1 aliphatic rings. The molecule has 0 fully saturated rings. The van der Waals surface area contributed by atoms with Crippen LogP contribution in [0.15, 0.2) is 18.2 Å². The van der Waals surface area contributed by atoms with Gasteiger partial charge in [-0.3, -0.25) is 0 Å². The molecule has 0 heterocycles. The van der Waals surface area contributed by atoms with E-state index in [0.717, 1.165) is 24.0 Å². The van der Waals surface area contributed by atoms with Crippen molar-refractivity contribution in [2.45, 2.75) is 25.1 Å². The van der Waals surface area contributed by atoms with E-state index in [0.29, 0.717) is 0 Å². The van der Waals surface area contributed by atoms with E-state index in [-0.39, 0.29) is 11.8 Å². The highest BCUT2D eigenvalue weighted by Crippen LogP contribution is 2.32. The zero-order valence-electron chi connectivity index (χ0n) is 8.55. The van der Waals surface area contributed by atoms with Crippen molar-refractivity contribution in [3.63, 3.8) is 0 Å². The van der Waals surface area contributed by atoms with Gasteiger partial charge in [-0.1, -0.05) is 6.07 Å². The van der Waals surface area contributed by atoms with Crippen molar-refractivity contribution < 1.29 is 17.9 Å². The summed E-state index contributed by atoms with van der Waals surface area (Å²) in [5.74, 6) is 0.255. The molecule has 1 atom stereocenters. The number of benzene rings is 1. The highest BCUT2D eigenvalue weighted by atomic mass is 19.4. The number of aryl methyl sites for hydroxylation is 1. The summed E-state index contributed by atoms with van der Waals surface area (Å²) in [7, 11) is 0. The van der Waals surface area contributed by atoms with Crippen molar-refractivity contribution in [2.24, 2.45) is 5.73 Å². The van der Waals surface area contributed by atoms with Gasteiger partial charge in [0, 0.05) is 6.04 Å². The van der Waals surface area contributed by atoms with Gasteiger partial charge in [-0.05, 0) is 36.1 Å². The Labute approximate surface area is 91.2 Å². The smallest absolute Gasteiger partial charge is 0.422 e. The summed E-state index contributed by atoms with van der Waals surface area (Å²) in [5.41, 5.74) is 7.82. The fourth-order valence-electron chi connectivity index (χ4n) is 1.88. The lowest BCUT2D eigenvalue weighted by atomic mass is 10.1. The van der Waals surface area contributed by atoms with Crippen LogP contribution >= 0.6 is 0 Å². The minimum absolute atomic E-state index is 0.00617. The maximum Gasteiger partial charge on any atom is 0.422 e. The van der Waals surface area contributed by atoms with Crippen LogP contribution in [-0.2, 0) is 6.42 Å². The van der Waals surface area contributed by atoms with Crippen molar-refractivity contribution in [2.75, 3.05) is 6.61 Å². The molecule has 88 valence electrons. The predicted octanol–water partition coefficient (Wildman–Crippen LogP) is 2.57. The summed E-state index contributed by atoms with van der Waals surface area (Å²) in [6.45, 7) is -1.25. The molecule has 2 rings (SSSR count). The van der Waals surface area contributed by atoms with Crippen LogP contribution in [0, 0.1) is 0 Å². The van der Waals surface area contributed by atoms with Crippen molar-refractivity contribution in [1.82, 2.24) is 0 Å². The summed E-state index contributed by atoms with van der Waals surface area (Å²) in [4.78, 5) is 0. The molecule has 0 unspecified atom stereocenters. The van der Waals surface area contributed by atoms with Gasteiger partial charge in [0.25, 0.3) is 0 Å². The van der Waals surface area contributed by atoms with Crippen LogP contribution < -0.4 is 10.5 Å². The maximum absolute atomic E-state index is 11.9. The Hall–Kier alpha value is -1.23. The van der Waals surface area contributed by atoms with Crippen LogP contribution in [0.2, 0.25) is 0 Å². The van der Waals surface area contributed by atoms with Gasteiger partial charge >= 0.3 is 6.18 Å². The molecule has 16 heavy (non-hydrogen) atoms. The molecule has 0 spiro atoms. The van der Waals surface area contributed by atoms with E-state index in [9.17, 15) is 13.2 Å². The molecule has 5 heteroatoms. The summed E-state index contributed by atoms with van der Waals surface area (Å²) < 4.78 is 40.5. The molecule has 0 aromatic heterocycles. The highest BCUT2D eigenvalue weighted by molar-refractivity contribution is 5.40. The van der Waals surface area contributed by atoms with Crippen molar-refractivity contribution >= 4 is 0 Å². The second kappa shape index (κ2) is 3.97. The summed E-state index contributed by atoms with van der Waals surface area (Å²) >= 11 is 0. The van der Waals surface area contributed by atoms with Gasteiger partial charge in [0.05, 0.1) is 0 Å². The van der Waals surface area contributed by atoms with Crippen LogP contribution in [0.25, 0.3) is 0 Å². The third-order valence-electron chi connectivity index (χ3n) is 2.64. The Kier molecular flexibility index (Phi) is 2.80. The van der Waals surface area contributed by atoms with Gasteiger partial charge in [0.1, 0.15) is 5.75 Å².